The maximum absolute atomic E-state index is 3.93. The second kappa shape index (κ2) is 8.94. The van der Waals surface area contributed by atoms with Gasteiger partial charge in [0.1, 0.15) is 7.85 Å². The normalized spacial score (nSPS) is 10.3. The number of pyridine rings is 1. The number of hydrogen-bond donors (Lipinski definition) is 0. The summed E-state index contributed by atoms with van der Waals surface area (Å²) in [7, 11) is 2.24. The van der Waals surface area contributed by atoms with Crippen molar-refractivity contribution >= 4 is 7.85 Å². The van der Waals surface area contributed by atoms with Crippen molar-refractivity contribution in [3.05, 3.63) is 102 Å². The minimum absolute atomic E-state index is 0.484. The van der Waals surface area contributed by atoms with Crippen LogP contribution in [0.4, 0.5) is 0 Å². The summed E-state index contributed by atoms with van der Waals surface area (Å²) in [5, 5.41) is 0. The minimum atomic E-state index is 0.484. The van der Waals surface area contributed by atoms with E-state index in [1.165, 1.54) is 16.7 Å². The summed E-state index contributed by atoms with van der Waals surface area (Å²) in [6, 6.07) is 25.3. The first-order valence-electron chi connectivity index (χ1n) is 8.18. The highest BCUT2D eigenvalue weighted by molar-refractivity contribution is 6.14. The molecule has 0 fully saturated rings. The van der Waals surface area contributed by atoms with Crippen LogP contribution in [-0.4, -0.2) is 12.8 Å². The molecule has 2 heteroatoms. The summed E-state index contributed by atoms with van der Waals surface area (Å²) >= 11 is 0. The number of nitrogens with zero attached hydrogens (tertiary/aromatic N) is 1. The molecule has 3 rings (SSSR count). The van der Waals surface area contributed by atoms with Crippen molar-refractivity contribution in [2.75, 3.05) is 0 Å². The van der Waals surface area contributed by atoms with E-state index in [2.05, 4.69) is 87.3 Å². The highest BCUT2D eigenvalue weighted by Crippen LogP contribution is 2.20. The van der Waals surface area contributed by atoms with Gasteiger partial charge in [0, 0.05) is 12.4 Å². The molecule has 116 valence electrons. The summed E-state index contributed by atoms with van der Waals surface area (Å²) in [6.45, 7) is 4.35. The van der Waals surface area contributed by atoms with Gasteiger partial charge in [-0.15, -0.1) is 0 Å². The van der Waals surface area contributed by atoms with Gasteiger partial charge >= 0.3 is 0 Å². The van der Waals surface area contributed by atoms with Crippen LogP contribution in [0.2, 0.25) is 0 Å². The summed E-state index contributed by atoms with van der Waals surface area (Å²) in [5.74, 6) is 1.10. The van der Waals surface area contributed by atoms with E-state index in [-0.39, 0.29) is 0 Å². The molecule has 0 aliphatic carbocycles. The van der Waals surface area contributed by atoms with Gasteiger partial charge in [0.15, 0.2) is 0 Å². The molecule has 2 aromatic carbocycles. The van der Waals surface area contributed by atoms with Crippen LogP contribution in [0.25, 0.3) is 0 Å². The van der Waals surface area contributed by atoms with Crippen LogP contribution in [-0.2, 0) is 0 Å². The molecule has 3 aromatic rings. The molecule has 0 spiro atoms. The SMILES string of the molecule is BC(c1ccccc1)c1ccccc1.CC(C)c1ccncc1. The number of benzene rings is 2. The Morgan fingerprint density at radius 3 is 1.43 bits per heavy atom. The Morgan fingerprint density at radius 2 is 1.09 bits per heavy atom. The van der Waals surface area contributed by atoms with Crippen LogP contribution < -0.4 is 0 Å². The fourth-order valence-corrected chi connectivity index (χ4v) is 2.42. The van der Waals surface area contributed by atoms with Crippen molar-refractivity contribution in [2.45, 2.75) is 25.6 Å². The largest absolute Gasteiger partial charge is 0.265 e. The molecule has 0 aliphatic heterocycles. The first-order valence-corrected chi connectivity index (χ1v) is 8.18. The molecule has 1 nitrogen and oxygen atoms in total. The van der Waals surface area contributed by atoms with Gasteiger partial charge in [0.25, 0.3) is 0 Å². The van der Waals surface area contributed by atoms with Crippen molar-refractivity contribution < 1.29 is 0 Å². The molecular weight excluding hydrogens is 277 g/mol. The third kappa shape index (κ3) is 5.41. The first-order chi connectivity index (χ1) is 11.2. The van der Waals surface area contributed by atoms with Gasteiger partial charge in [-0.25, -0.2) is 0 Å². The lowest BCUT2D eigenvalue weighted by Gasteiger charge is -2.11. The van der Waals surface area contributed by atoms with E-state index in [9.17, 15) is 0 Å². The molecule has 1 heterocycles. The van der Waals surface area contributed by atoms with E-state index >= 15 is 0 Å². The second-order valence-corrected chi connectivity index (χ2v) is 5.98. The van der Waals surface area contributed by atoms with Gasteiger partial charge in [-0.1, -0.05) is 74.5 Å². The molecule has 23 heavy (non-hydrogen) atoms. The Balaban J connectivity index is 0.000000185. The van der Waals surface area contributed by atoms with Gasteiger partial charge in [-0.2, -0.15) is 0 Å². The molecule has 0 N–H and O–H groups in total. The summed E-state index contributed by atoms with van der Waals surface area (Å²) in [6.07, 6.45) is 3.66. The smallest absolute Gasteiger partial charge is 0.116 e. The van der Waals surface area contributed by atoms with Gasteiger partial charge in [-0.3, -0.25) is 4.98 Å². The molecule has 0 amide bonds. The van der Waals surface area contributed by atoms with Crippen LogP contribution in [0, 0.1) is 0 Å². The van der Waals surface area contributed by atoms with Gasteiger partial charge in [-0.05, 0) is 40.6 Å². The third-order valence-corrected chi connectivity index (χ3v) is 3.97. The summed E-state index contributed by atoms with van der Waals surface area (Å²) in [5.41, 5.74) is 4.10. The Labute approximate surface area is 140 Å². The second-order valence-electron chi connectivity index (χ2n) is 5.98. The van der Waals surface area contributed by atoms with E-state index < -0.39 is 0 Å². The Morgan fingerprint density at radius 1 is 0.652 bits per heavy atom. The molecule has 0 atom stereocenters. The standard InChI is InChI=1S/C13H13B.C8H11N/c14-13(11-7-3-1-4-8-11)12-9-5-2-6-10-12;1-7(2)8-3-5-9-6-4-8/h1-10,13H,14H2;3-7H,1-2H3. The maximum Gasteiger partial charge on any atom is 0.116 e. The topological polar surface area (TPSA) is 12.9 Å². The lowest BCUT2D eigenvalue weighted by Crippen LogP contribution is -1.99. The predicted molar refractivity (Wildman–Crippen MR) is 102 cm³/mol. The van der Waals surface area contributed by atoms with E-state index in [0.29, 0.717) is 11.7 Å². The summed E-state index contributed by atoms with van der Waals surface area (Å²) in [4.78, 5) is 3.93. The van der Waals surface area contributed by atoms with E-state index in [0.717, 1.165) is 0 Å². The van der Waals surface area contributed by atoms with Gasteiger partial charge in [0.05, 0.1) is 0 Å². The monoisotopic (exact) mass is 301 g/mol. The van der Waals surface area contributed by atoms with E-state index in [4.69, 9.17) is 0 Å². The fourth-order valence-electron chi connectivity index (χ4n) is 2.42. The molecule has 0 radical (unpaired) electrons. The van der Waals surface area contributed by atoms with Crippen LogP contribution in [0.3, 0.4) is 0 Å². The minimum Gasteiger partial charge on any atom is -0.265 e. The van der Waals surface area contributed by atoms with E-state index in [1.54, 1.807) is 0 Å². The predicted octanol–water partition coefficient (Wildman–Crippen LogP) is 4.61. The van der Waals surface area contributed by atoms with E-state index in [1.807, 2.05) is 24.5 Å². The molecule has 0 saturated heterocycles. The molecular formula is C21H24BN. The molecule has 1 aromatic heterocycles. The first kappa shape index (κ1) is 17.0. The van der Waals surface area contributed by atoms with Crippen LogP contribution in [0.5, 0.6) is 0 Å². The molecule has 0 bridgehead atoms. The number of rotatable bonds is 3. The van der Waals surface area contributed by atoms with Crippen molar-refractivity contribution in [1.82, 2.24) is 4.98 Å². The zero-order chi connectivity index (χ0) is 16.5. The summed E-state index contributed by atoms with van der Waals surface area (Å²) < 4.78 is 0. The van der Waals surface area contributed by atoms with Gasteiger partial charge < -0.3 is 0 Å². The Kier molecular flexibility index (Phi) is 6.62. The Hall–Kier alpha value is -2.35. The molecule has 0 aliphatic rings. The van der Waals surface area contributed by atoms with Crippen molar-refractivity contribution in [3.8, 4) is 0 Å². The van der Waals surface area contributed by atoms with Crippen LogP contribution in [0.1, 0.15) is 42.3 Å². The fraction of sp³-hybridized carbons (Fsp3) is 0.190. The lowest BCUT2D eigenvalue weighted by molar-refractivity contribution is 0.863. The molecule has 0 saturated carbocycles. The van der Waals surface area contributed by atoms with Gasteiger partial charge in [0.2, 0.25) is 0 Å². The highest BCUT2D eigenvalue weighted by atomic mass is 14.6. The highest BCUT2D eigenvalue weighted by Gasteiger charge is 2.05. The maximum atomic E-state index is 3.93. The van der Waals surface area contributed by atoms with Crippen LogP contribution in [0.15, 0.2) is 85.2 Å². The van der Waals surface area contributed by atoms with Crippen molar-refractivity contribution in [1.29, 1.82) is 0 Å². The van der Waals surface area contributed by atoms with Crippen molar-refractivity contribution in [2.24, 2.45) is 0 Å². The van der Waals surface area contributed by atoms with Crippen molar-refractivity contribution in [3.63, 3.8) is 0 Å². The zero-order valence-corrected chi connectivity index (χ0v) is 14.2. The average molecular weight is 301 g/mol. The Bertz CT molecular complexity index is 626. The lowest BCUT2D eigenvalue weighted by atomic mass is 9.76. The third-order valence-electron chi connectivity index (χ3n) is 3.97. The number of aromatic nitrogens is 1. The number of hydrogen-bond acceptors (Lipinski definition) is 1. The average Bonchev–Trinajstić information content (AvgIpc) is 2.64. The zero-order valence-electron chi connectivity index (χ0n) is 14.2. The molecule has 0 unspecified atom stereocenters. The quantitative estimate of drug-likeness (QED) is 0.644. The van der Waals surface area contributed by atoms with Crippen LogP contribution >= 0.6 is 0 Å².